The van der Waals surface area contributed by atoms with Crippen molar-refractivity contribution in [2.45, 2.75) is 12.5 Å². The summed E-state index contributed by atoms with van der Waals surface area (Å²) < 4.78 is 0. The summed E-state index contributed by atoms with van der Waals surface area (Å²) in [6.07, 6.45) is 0.841. The number of rotatable bonds is 3. The lowest BCUT2D eigenvalue weighted by Gasteiger charge is -2.17. The van der Waals surface area contributed by atoms with Crippen LogP contribution in [-0.4, -0.2) is 12.5 Å². The smallest absolute Gasteiger partial charge is 0.248 e. The van der Waals surface area contributed by atoms with Crippen LogP contribution < -0.4 is 10.6 Å². The molecule has 1 aliphatic rings. The van der Waals surface area contributed by atoms with E-state index in [1.165, 1.54) is 5.56 Å². The Balaban J connectivity index is 1.80. The van der Waals surface area contributed by atoms with Gasteiger partial charge in [0.15, 0.2) is 0 Å². The first-order valence-corrected chi connectivity index (χ1v) is 6.47. The summed E-state index contributed by atoms with van der Waals surface area (Å²) in [6.45, 7) is 0.674. The van der Waals surface area contributed by atoms with Crippen molar-refractivity contribution >= 4 is 11.6 Å². The van der Waals surface area contributed by atoms with Crippen LogP contribution >= 0.6 is 0 Å². The number of hydrogen-bond donors (Lipinski definition) is 1. The molecule has 0 unspecified atom stereocenters. The van der Waals surface area contributed by atoms with E-state index in [-0.39, 0.29) is 5.91 Å². The number of nitrogens with zero attached hydrogens (tertiary/aromatic N) is 1. The second kappa shape index (κ2) is 4.86. The SMILES string of the molecule is N[C@H]1C(=O)N(CCc2ccccc2)c2ccccc21. The maximum atomic E-state index is 12.2. The molecule has 96 valence electrons. The minimum atomic E-state index is -0.507. The normalized spacial score (nSPS) is 17.6. The van der Waals surface area contributed by atoms with Crippen molar-refractivity contribution in [2.75, 3.05) is 11.4 Å². The van der Waals surface area contributed by atoms with Crippen LogP contribution in [-0.2, 0) is 11.2 Å². The molecule has 3 rings (SSSR count). The van der Waals surface area contributed by atoms with Gasteiger partial charge in [-0.05, 0) is 18.1 Å². The minimum absolute atomic E-state index is 0.00266. The van der Waals surface area contributed by atoms with Crippen LogP contribution in [0.25, 0.3) is 0 Å². The summed E-state index contributed by atoms with van der Waals surface area (Å²) in [5, 5.41) is 0. The fraction of sp³-hybridized carbons (Fsp3) is 0.188. The van der Waals surface area contributed by atoms with Crippen LogP contribution in [0.5, 0.6) is 0 Å². The van der Waals surface area contributed by atoms with Gasteiger partial charge < -0.3 is 10.6 Å². The summed E-state index contributed by atoms with van der Waals surface area (Å²) in [6, 6.07) is 17.4. The molecule has 3 heteroatoms. The average Bonchev–Trinajstić information content (AvgIpc) is 2.71. The molecule has 1 heterocycles. The zero-order valence-corrected chi connectivity index (χ0v) is 10.6. The number of anilines is 1. The van der Waals surface area contributed by atoms with Crippen LogP contribution in [0.4, 0.5) is 5.69 Å². The van der Waals surface area contributed by atoms with Crippen molar-refractivity contribution in [3.8, 4) is 0 Å². The summed E-state index contributed by atoms with van der Waals surface area (Å²) in [4.78, 5) is 14.0. The highest BCUT2D eigenvalue weighted by molar-refractivity contribution is 6.04. The fourth-order valence-electron chi connectivity index (χ4n) is 2.53. The van der Waals surface area contributed by atoms with Gasteiger partial charge >= 0.3 is 0 Å². The fourth-order valence-corrected chi connectivity index (χ4v) is 2.53. The van der Waals surface area contributed by atoms with Crippen LogP contribution in [0.3, 0.4) is 0 Å². The molecule has 0 saturated heterocycles. The molecule has 2 aromatic rings. The summed E-state index contributed by atoms with van der Waals surface area (Å²) in [5.74, 6) is -0.00266. The van der Waals surface area contributed by atoms with Crippen molar-refractivity contribution in [3.63, 3.8) is 0 Å². The number of carbonyl (C=O) groups is 1. The molecule has 1 aliphatic heterocycles. The third kappa shape index (κ3) is 2.13. The molecule has 0 bridgehead atoms. The van der Waals surface area contributed by atoms with Gasteiger partial charge in [-0.2, -0.15) is 0 Å². The third-order valence-electron chi connectivity index (χ3n) is 3.56. The van der Waals surface area contributed by atoms with E-state index in [2.05, 4.69) is 12.1 Å². The van der Waals surface area contributed by atoms with E-state index in [0.29, 0.717) is 6.54 Å². The molecule has 0 saturated carbocycles. The highest BCUT2D eigenvalue weighted by Gasteiger charge is 2.33. The Kier molecular flexibility index (Phi) is 3.05. The van der Waals surface area contributed by atoms with E-state index in [0.717, 1.165) is 17.7 Å². The number of amides is 1. The lowest BCUT2D eigenvalue weighted by atomic mass is 10.1. The second-order valence-electron chi connectivity index (χ2n) is 4.76. The summed E-state index contributed by atoms with van der Waals surface area (Å²) in [5.41, 5.74) is 9.07. The van der Waals surface area contributed by atoms with Crippen molar-refractivity contribution in [1.29, 1.82) is 0 Å². The number of nitrogens with two attached hydrogens (primary N) is 1. The van der Waals surface area contributed by atoms with Gasteiger partial charge in [-0.1, -0.05) is 48.5 Å². The Morgan fingerprint density at radius 3 is 2.47 bits per heavy atom. The van der Waals surface area contributed by atoms with E-state index >= 15 is 0 Å². The van der Waals surface area contributed by atoms with Gasteiger partial charge in [-0.3, -0.25) is 4.79 Å². The predicted octanol–water partition coefficient (Wildman–Crippen LogP) is 2.28. The lowest BCUT2D eigenvalue weighted by Crippen LogP contribution is -2.33. The van der Waals surface area contributed by atoms with Gasteiger partial charge in [0.1, 0.15) is 6.04 Å². The molecular weight excluding hydrogens is 236 g/mol. The topological polar surface area (TPSA) is 46.3 Å². The first kappa shape index (κ1) is 11.9. The van der Waals surface area contributed by atoms with E-state index in [1.807, 2.05) is 42.5 Å². The van der Waals surface area contributed by atoms with Crippen LogP contribution in [0.2, 0.25) is 0 Å². The Morgan fingerprint density at radius 2 is 1.68 bits per heavy atom. The predicted molar refractivity (Wildman–Crippen MR) is 75.9 cm³/mol. The largest absolute Gasteiger partial charge is 0.316 e. The highest BCUT2D eigenvalue weighted by Crippen LogP contribution is 2.34. The molecule has 0 aromatic heterocycles. The number of benzene rings is 2. The Morgan fingerprint density at radius 1 is 1.00 bits per heavy atom. The molecule has 0 radical (unpaired) electrons. The monoisotopic (exact) mass is 252 g/mol. The zero-order valence-electron chi connectivity index (χ0n) is 10.6. The summed E-state index contributed by atoms with van der Waals surface area (Å²) in [7, 11) is 0. The Hall–Kier alpha value is -2.13. The van der Waals surface area contributed by atoms with Gasteiger partial charge in [0, 0.05) is 17.8 Å². The molecular formula is C16H16N2O. The quantitative estimate of drug-likeness (QED) is 0.911. The van der Waals surface area contributed by atoms with Crippen LogP contribution in [0.1, 0.15) is 17.2 Å². The van der Waals surface area contributed by atoms with Gasteiger partial charge in [-0.25, -0.2) is 0 Å². The summed E-state index contributed by atoms with van der Waals surface area (Å²) >= 11 is 0. The molecule has 3 nitrogen and oxygen atoms in total. The van der Waals surface area contributed by atoms with Crippen molar-refractivity contribution in [1.82, 2.24) is 0 Å². The van der Waals surface area contributed by atoms with E-state index in [4.69, 9.17) is 5.73 Å². The van der Waals surface area contributed by atoms with E-state index in [1.54, 1.807) is 4.90 Å². The molecule has 0 aliphatic carbocycles. The lowest BCUT2D eigenvalue weighted by molar-refractivity contribution is -0.119. The molecule has 1 amide bonds. The highest BCUT2D eigenvalue weighted by atomic mass is 16.2. The molecule has 0 spiro atoms. The standard InChI is InChI=1S/C16H16N2O/c17-15-13-8-4-5-9-14(13)18(16(15)19)11-10-12-6-2-1-3-7-12/h1-9,15H,10-11,17H2/t15-/m1/s1. The third-order valence-corrected chi connectivity index (χ3v) is 3.56. The first-order valence-electron chi connectivity index (χ1n) is 6.47. The number of fused-ring (bicyclic) bond motifs is 1. The molecule has 2 aromatic carbocycles. The van der Waals surface area contributed by atoms with Crippen LogP contribution in [0.15, 0.2) is 54.6 Å². The first-order chi connectivity index (χ1) is 9.27. The van der Waals surface area contributed by atoms with E-state index in [9.17, 15) is 4.79 Å². The maximum Gasteiger partial charge on any atom is 0.248 e. The van der Waals surface area contributed by atoms with Crippen molar-refractivity contribution in [2.24, 2.45) is 5.73 Å². The van der Waals surface area contributed by atoms with Crippen LogP contribution in [0, 0.1) is 0 Å². The average molecular weight is 252 g/mol. The minimum Gasteiger partial charge on any atom is -0.316 e. The van der Waals surface area contributed by atoms with Crippen molar-refractivity contribution in [3.05, 3.63) is 65.7 Å². The van der Waals surface area contributed by atoms with Gasteiger partial charge in [0.2, 0.25) is 5.91 Å². The van der Waals surface area contributed by atoms with Gasteiger partial charge in [-0.15, -0.1) is 0 Å². The molecule has 2 N–H and O–H groups in total. The van der Waals surface area contributed by atoms with E-state index < -0.39 is 6.04 Å². The maximum absolute atomic E-state index is 12.2. The second-order valence-corrected chi connectivity index (χ2v) is 4.76. The zero-order chi connectivity index (χ0) is 13.2. The molecule has 0 fully saturated rings. The number of carbonyl (C=O) groups excluding carboxylic acids is 1. The van der Waals surface area contributed by atoms with Crippen molar-refractivity contribution < 1.29 is 4.79 Å². The molecule has 19 heavy (non-hydrogen) atoms. The Bertz CT molecular complexity index is 595. The molecule has 1 atom stereocenters. The number of para-hydroxylation sites is 1. The van der Waals surface area contributed by atoms with Gasteiger partial charge in [0.25, 0.3) is 0 Å². The Labute approximate surface area is 112 Å². The van der Waals surface area contributed by atoms with Gasteiger partial charge in [0.05, 0.1) is 0 Å². The number of hydrogen-bond acceptors (Lipinski definition) is 2.